The van der Waals surface area contributed by atoms with E-state index in [1.54, 1.807) is 6.92 Å². The number of carbonyl (C=O) groups is 1. The summed E-state index contributed by atoms with van der Waals surface area (Å²) >= 11 is 3.32. The zero-order valence-electron chi connectivity index (χ0n) is 7.27. The van der Waals surface area contributed by atoms with Gasteiger partial charge >= 0.3 is 0 Å². The van der Waals surface area contributed by atoms with Gasteiger partial charge in [-0.2, -0.15) is 0 Å². The van der Waals surface area contributed by atoms with Crippen molar-refractivity contribution in [2.75, 3.05) is 18.4 Å². The second-order valence-corrected chi connectivity index (χ2v) is 3.34. The molecule has 0 aliphatic carbocycles. The van der Waals surface area contributed by atoms with Gasteiger partial charge < -0.3 is 4.90 Å². The van der Waals surface area contributed by atoms with Crippen molar-refractivity contribution in [3.05, 3.63) is 0 Å². The van der Waals surface area contributed by atoms with Crippen LogP contribution in [0.15, 0.2) is 0 Å². The molecule has 66 valence electrons. The first kappa shape index (κ1) is 11.0. The van der Waals surface area contributed by atoms with E-state index >= 15 is 0 Å². The Hall–Kier alpha value is -0.0500. The Morgan fingerprint density at radius 3 is 2.45 bits per heavy atom. The summed E-state index contributed by atoms with van der Waals surface area (Å²) in [7, 11) is 0. The molecule has 0 N–H and O–H groups in total. The molecule has 1 amide bonds. The largest absolute Gasteiger partial charge is 0.342 e. The van der Waals surface area contributed by atoms with E-state index in [1.807, 2.05) is 4.90 Å². The van der Waals surface area contributed by atoms with Crippen LogP contribution >= 0.6 is 15.9 Å². The fourth-order valence-electron chi connectivity index (χ4n) is 0.878. The van der Waals surface area contributed by atoms with E-state index < -0.39 is 0 Å². The van der Waals surface area contributed by atoms with Crippen LogP contribution in [0.2, 0.25) is 0 Å². The summed E-state index contributed by atoms with van der Waals surface area (Å²) in [4.78, 5) is 12.8. The molecule has 2 nitrogen and oxygen atoms in total. The monoisotopic (exact) mass is 221 g/mol. The van der Waals surface area contributed by atoms with Crippen molar-refractivity contribution in [2.24, 2.45) is 0 Å². The average molecular weight is 222 g/mol. The Balaban J connectivity index is 3.60. The second-order valence-electron chi connectivity index (χ2n) is 2.55. The van der Waals surface area contributed by atoms with Gasteiger partial charge in [-0.25, -0.2) is 0 Å². The summed E-state index contributed by atoms with van der Waals surface area (Å²) in [5.41, 5.74) is 0. The molecule has 0 aliphatic heterocycles. The number of nitrogens with zero attached hydrogens (tertiary/aromatic N) is 1. The van der Waals surface area contributed by atoms with Gasteiger partial charge in [0.05, 0.1) is 0 Å². The van der Waals surface area contributed by atoms with Gasteiger partial charge in [-0.15, -0.1) is 0 Å². The topological polar surface area (TPSA) is 20.3 Å². The lowest BCUT2D eigenvalue weighted by atomic mass is 10.3. The highest BCUT2D eigenvalue weighted by molar-refractivity contribution is 9.09. The van der Waals surface area contributed by atoms with Crippen LogP contribution in [0.5, 0.6) is 0 Å². The van der Waals surface area contributed by atoms with Crippen LogP contribution in [0.1, 0.15) is 26.7 Å². The van der Waals surface area contributed by atoms with Gasteiger partial charge in [0.25, 0.3) is 0 Å². The summed E-state index contributed by atoms with van der Waals surface area (Å²) in [6.07, 6.45) is 2.25. The quantitative estimate of drug-likeness (QED) is 0.652. The molecule has 0 fully saturated rings. The van der Waals surface area contributed by atoms with E-state index in [-0.39, 0.29) is 5.91 Å². The third-order valence-corrected chi connectivity index (χ3v) is 1.94. The molecule has 0 saturated carbocycles. The molecule has 0 heterocycles. The zero-order valence-corrected chi connectivity index (χ0v) is 8.85. The Labute approximate surface area is 77.1 Å². The Kier molecular flexibility index (Phi) is 6.62. The molecule has 0 radical (unpaired) electrons. The lowest BCUT2D eigenvalue weighted by Crippen LogP contribution is -2.31. The third-order valence-electron chi connectivity index (χ3n) is 1.58. The van der Waals surface area contributed by atoms with E-state index in [0.717, 1.165) is 31.3 Å². The number of unbranched alkanes of at least 4 members (excludes halogenated alkanes) is 1. The van der Waals surface area contributed by atoms with E-state index in [9.17, 15) is 4.79 Å². The SMILES string of the molecule is CCCCN(CCBr)C(C)=O. The minimum absolute atomic E-state index is 0.179. The molecule has 3 heteroatoms. The molecule has 0 aliphatic rings. The highest BCUT2D eigenvalue weighted by Gasteiger charge is 2.05. The number of carbonyl (C=O) groups excluding carboxylic acids is 1. The predicted octanol–water partition coefficient (Wildman–Crippen LogP) is 2.03. The van der Waals surface area contributed by atoms with Gasteiger partial charge in [-0.3, -0.25) is 4.79 Å². The predicted molar refractivity (Wildman–Crippen MR) is 51.0 cm³/mol. The van der Waals surface area contributed by atoms with Crippen LogP contribution in [0.25, 0.3) is 0 Å². The van der Waals surface area contributed by atoms with Crippen LogP contribution in [0, 0.1) is 0 Å². The number of alkyl halides is 1. The van der Waals surface area contributed by atoms with Crippen molar-refractivity contribution in [2.45, 2.75) is 26.7 Å². The van der Waals surface area contributed by atoms with E-state index in [4.69, 9.17) is 0 Å². The molecular weight excluding hydrogens is 206 g/mol. The molecule has 0 saturated heterocycles. The lowest BCUT2D eigenvalue weighted by Gasteiger charge is -2.18. The minimum Gasteiger partial charge on any atom is -0.342 e. The number of amides is 1. The minimum atomic E-state index is 0.179. The molecule has 11 heavy (non-hydrogen) atoms. The lowest BCUT2D eigenvalue weighted by molar-refractivity contribution is -0.128. The fraction of sp³-hybridized carbons (Fsp3) is 0.875. The smallest absolute Gasteiger partial charge is 0.219 e. The van der Waals surface area contributed by atoms with Gasteiger partial charge in [0.15, 0.2) is 0 Å². The molecule has 0 bridgehead atoms. The summed E-state index contributed by atoms with van der Waals surface area (Å²) < 4.78 is 0. The first-order valence-corrected chi connectivity index (χ1v) is 5.16. The summed E-state index contributed by atoms with van der Waals surface area (Å²) in [5.74, 6) is 0.179. The van der Waals surface area contributed by atoms with Crippen LogP contribution < -0.4 is 0 Å². The number of rotatable bonds is 5. The molecular formula is C8H16BrNO. The molecule has 0 rings (SSSR count). The van der Waals surface area contributed by atoms with Crippen LogP contribution in [0.3, 0.4) is 0 Å². The van der Waals surface area contributed by atoms with E-state index in [0.29, 0.717) is 0 Å². The molecule has 0 aromatic heterocycles. The van der Waals surface area contributed by atoms with Crippen molar-refractivity contribution in [1.82, 2.24) is 4.90 Å². The summed E-state index contributed by atoms with van der Waals surface area (Å²) in [6.45, 7) is 5.48. The number of hydrogen-bond acceptors (Lipinski definition) is 1. The maximum absolute atomic E-state index is 10.9. The van der Waals surface area contributed by atoms with Crippen molar-refractivity contribution in [3.8, 4) is 0 Å². The zero-order chi connectivity index (χ0) is 8.69. The van der Waals surface area contributed by atoms with Gasteiger partial charge in [-0.1, -0.05) is 29.3 Å². The first-order chi connectivity index (χ1) is 5.22. The summed E-state index contributed by atoms with van der Waals surface area (Å²) in [6, 6.07) is 0. The number of halogens is 1. The highest BCUT2D eigenvalue weighted by atomic mass is 79.9. The van der Waals surface area contributed by atoms with Crippen molar-refractivity contribution >= 4 is 21.8 Å². The fourth-order valence-corrected chi connectivity index (χ4v) is 1.31. The average Bonchev–Trinajstić information content (AvgIpc) is 1.97. The van der Waals surface area contributed by atoms with Gasteiger partial charge in [0, 0.05) is 25.3 Å². The Morgan fingerprint density at radius 1 is 1.45 bits per heavy atom. The van der Waals surface area contributed by atoms with E-state index in [1.165, 1.54) is 0 Å². The van der Waals surface area contributed by atoms with Crippen LogP contribution in [-0.4, -0.2) is 29.2 Å². The molecule has 0 aromatic carbocycles. The van der Waals surface area contributed by atoms with Gasteiger partial charge in [0.2, 0.25) is 5.91 Å². The molecule has 0 unspecified atom stereocenters. The Morgan fingerprint density at radius 2 is 2.09 bits per heavy atom. The van der Waals surface area contributed by atoms with Crippen molar-refractivity contribution < 1.29 is 4.79 Å². The third kappa shape index (κ3) is 5.24. The Bertz CT molecular complexity index is 117. The molecule has 0 aromatic rings. The van der Waals surface area contributed by atoms with Crippen LogP contribution in [0.4, 0.5) is 0 Å². The first-order valence-electron chi connectivity index (χ1n) is 4.03. The van der Waals surface area contributed by atoms with Crippen LogP contribution in [-0.2, 0) is 4.79 Å². The maximum atomic E-state index is 10.9. The van der Waals surface area contributed by atoms with Crippen molar-refractivity contribution in [3.63, 3.8) is 0 Å². The molecule has 0 atom stereocenters. The van der Waals surface area contributed by atoms with E-state index in [2.05, 4.69) is 22.9 Å². The maximum Gasteiger partial charge on any atom is 0.219 e. The second kappa shape index (κ2) is 6.65. The molecule has 0 spiro atoms. The van der Waals surface area contributed by atoms with Crippen molar-refractivity contribution in [1.29, 1.82) is 0 Å². The highest BCUT2D eigenvalue weighted by Crippen LogP contribution is 1.96. The summed E-state index contributed by atoms with van der Waals surface area (Å²) in [5, 5.41) is 0.871. The normalized spacial score (nSPS) is 9.73. The van der Waals surface area contributed by atoms with Gasteiger partial charge in [0.1, 0.15) is 0 Å². The van der Waals surface area contributed by atoms with Gasteiger partial charge in [-0.05, 0) is 6.42 Å². The standard InChI is InChI=1S/C8H16BrNO/c1-3-4-6-10(7-5-9)8(2)11/h3-7H2,1-2H3. The number of hydrogen-bond donors (Lipinski definition) is 0.